The first kappa shape index (κ1) is 23.3. The highest BCUT2D eigenvalue weighted by molar-refractivity contribution is 7.89. The number of carbonyl (C=O) groups excluding carboxylic acids is 1. The van der Waals surface area contributed by atoms with E-state index in [1.54, 1.807) is 35.5 Å². The Morgan fingerprint density at radius 1 is 1.13 bits per heavy atom. The van der Waals surface area contributed by atoms with Gasteiger partial charge in [0.05, 0.1) is 12.4 Å². The lowest BCUT2D eigenvalue weighted by Gasteiger charge is -2.43. The number of nitrogens with zero attached hydrogens (tertiary/aromatic N) is 3. The first-order valence-corrected chi connectivity index (χ1v) is 12.5. The zero-order chi connectivity index (χ0) is 21.8. The van der Waals surface area contributed by atoms with Crippen LogP contribution in [0, 0.1) is 5.41 Å². The number of piperazine rings is 1. The molecule has 0 aliphatic carbocycles. The molecule has 2 heterocycles. The number of ether oxygens (including phenoxy) is 1. The number of carbonyl (C=O) groups is 1. The van der Waals surface area contributed by atoms with Gasteiger partial charge in [0.2, 0.25) is 15.9 Å². The largest absolute Gasteiger partial charge is 0.493 e. The summed E-state index contributed by atoms with van der Waals surface area (Å²) in [5.41, 5.74) is -0.541. The van der Waals surface area contributed by atoms with E-state index in [2.05, 4.69) is 11.9 Å². The topological polar surface area (TPSA) is 70.2 Å². The van der Waals surface area contributed by atoms with E-state index < -0.39 is 15.4 Å². The number of hydrogen-bond donors (Lipinski definition) is 0. The molecule has 3 rings (SSSR count). The highest BCUT2D eigenvalue weighted by atomic mass is 35.5. The van der Waals surface area contributed by atoms with Gasteiger partial charge in [-0.2, -0.15) is 0 Å². The second-order valence-corrected chi connectivity index (χ2v) is 11.1. The van der Waals surface area contributed by atoms with Gasteiger partial charge in [0, 0.05) is 56.1 Å². The quantitative estimate of drug-likeness (QED) is 0.628. The van der Waals surface area contributed by atoms with Crippen LogP contribution in [0.1, 0.15) is 26.2 Å². The van der Waals surface area contributed by atoms with Crippen LogP contribution in [0.5, 0.6) is 5.75 Å². The average Bonchev–Trinajstić information content (AvgIpc) is 2.74. The highest BCUT2D eigenvalue weighted by Gasteiger charge is 2.42. The van der Waals surface area contributed by atoms with E-state index in [1.165, 1.54) is 0 Å². The van der Waals surface area contributed by atoms with Gasteiger partial charge in [0.25, 0.3) is 0 Å². The van der Waals surface area contributed by atoms with E-state index in [0.29, 0.717) is 50.0 Å². The standard InChI is InChI=1S/C21H32ClN3O4S/c1-3-30(27,28)25-10-4-9-21(16-25,17-29-19-7-5-18(22)6-8-19)15-20(26)24-13-11-23(2)12-14-24/h5-8H,3-4,9-17H2,1-2H3/t21-/m0/s1. The lowest BCUT2D eigenvalue weighted by atomic mass is 9.78. The van der Waals surface area contributed by atoms with E-state index >= 15 is 0 Å². The van der Waals surface area contributed by atoms with Gasteiger partial charge in [-0.3, -0.25) is 4.79 Å². The van der Waals surface area contributed by atoms with Gasteiger partial charge < -0.3 is 14.5 Å². The Labute approximate surface area is 185 Å². The number of sulfonamides is 1. The minimum absolute atomic E-state index is 0.0630. The van der Waals surface area contributed by atoms with Crippen molar-refractivity contribution >= 4 is 27.5 Å². The summed E-state index contributed by atoms with van der Waals surface area (Å²) in [7, 11) is -1.27. The van der Waals surface area contributed by atoms with Crippen molar-refractivity contribution in [1.29, 1.82) is 0 Å². The predicted molar refractivity (Wildman–Crippen MR) is 118 cm³/mol. The van der Waals surface area contributed by atoms with Crippen LogP contribution in [-0.2, 0) is 14.8 Å². The zero-order valence-corrected chi connectivity index (χ0v) is 19.4. The van der Waals surface area contributed by atoms with E-state index in [1.807, 2.05) is 4.90 Å². The molecule has 168 valence electrons. The summed E-state index contributed by atoms with van der Waals surface area (Å²) in [5.74, 6) is 0.813. The maximum absolute atomic E-state index is 13.1. The molecule has 30 heavy (non-hydrogen) atoms. The molecule has 0 saturated carbocycles. The van der Waals surface area contributed by atoms with E-state index in [4.69, 9.17) is 16.3 Å². The highest BCUT2D eigenvalue weighted by Crippen LogP contribution is 2.36. The molecule has 2 saturated heterocycles. The molecule has 1 amide bonds. The number of piperidine rings is 1. The molecule has 0 aromatic heterocycles. The minimum Gasteiger partial charge on any atom is -0.493 e. The number of hydrogen-bond acceptors (Lipinski definition) is 5. The lowest BCUT2D eigenvalue weighted by Crippen LogP contribution is -2.53. The van der Waals surface area contributed by atoms with Gasteiger partial charge >= 0.3 is 0 Å². The zero-order valence-electron chi connectivity index (χ0n) is 17.8. The van der Waals surface area contributed by atoms with Crippen LogP contribution in [0.2, 0.25) is 5.02 Å². The summed E-state index contributed by atoms with van der Waals surface area (Å²) < 4.78 is 32.7. The fourth-order valence-corrected chi connectivity index (χ4v) is 5.52. The summed E-state index contributed by atoms with van der Waals surface area (Å²) in [6.07, 6.45) is 1.77. The summed E-state index contributed by atoms with van der Waals surface area (Å²) in [6, 6.07) is 7.10. The van der Waals surface area contributed by atoms with E-state index in [0.717, 1.165) is 25.9 Å². The molecule has 0 spiro atoms. The minimum atomic E-state index is -3.32. The van der Waals surface area contributed by atoms with Crippen LogP contribution >= 0.6 is 11.6 Å². The molecule has 0 N–H and O–H groups in total. The summed E-state index contributed by atoms with van der Waals surface area (Å²) in [4.78, 5) is 17.2. The number of halogens is 1. The fourth-order valence-electron chi connectivity index (χ4n) is 4.15. The van der Waals surface area contributed by atoms with Gasteiger partial charge in [-0.25, -0.2) is 12.7 Å². The van der Waals surface area contributed by atoms with Crippen LogP contribution in [0.15, 0.2) is 24.3 Å². The van der Waals surface area contributed by atoms with Crippen molar-refractivity contribution in [3.8, 4) is 5.75 Å². The van der Waals surface area contributed by atoms with Gasteiger partial charge in [-0.15, -0.1) is 0 Å². The number of rotatable bonds is 7. The van der Waals surface area contributed by atoms with Gasteiger partial charge in [-0.05, 0) is 51.1 Å². The second-order valence-electron chi connectivity index (χ2n) is 8.44. The van der Waals surface area contributed by atoms with Crippen molar-refractivity contribution in [2.24, 2.45) is 5.41 Å². The van der Waals surface area contributed by atoms with Gasteiger partial charge in [0.1, 0.15) is 5.75 Å². The van der Waals surface area contributed by atoms with Crippen LogP contribution in [0.25, 0.3) is 0 Å². The Morgan fingerprint density at radius 2 is 1.80 bits per heavy atom. The molecule has 2 aliphatic rings. The summed E-state index contributed by atoms with van der Waals surface area (Å²) in [5, 5.41) is 0.625. The van der Waals surface area contributed by atoms with Crippen molar-refractivity contribution in [3.05, 3.63) is 29.3 Å². The van der Waals surface area contributed by atoms with Crippen molar-refractivity contribution in [2.75, 3.05) is 58.7 Å². The van der Waals surface area contributed by atoms with Crippen LogP contribution in [0.4, 0.5) is 0 Å². The first-order chi connectivity index (χ1) is 14.2. The SMILES string of the molecule is CCS(=O)(=O)N1CCC[C@](COc2ccc(Cl)cc2)(CC(=O)N2CCN(C)CC2)C1. The number of amides is 1. The van der Waals surface area contributed by atoms with E-state index in [-0.39, 0.29) is 11.7 Å². The maximum Gasteiger partial charge on any atom is 0.223 e. The molecular formula is C21H32ClN3O4S. The summed E-state index contributed by atoms with van der Waals surface area (Å²) in [6.45, 7) is 5.90. The molecular weight excluding hydrogens is 426 g/mol. The van der Waals surface area contributed by atoms with Crippen LogP contribution in [-0.4, -0.2) is 87.1 Å². The molecule has 0 unspecified atom stereocenters. The molecule has 0 radical (unpaired) electrons. The third-order valence-electron chi connectivity index (χ3n) is 6.13. The van der Waals surface area contributed by atoms with Crippen molar-refractivity contribution < 1.29 is 17.9 Å². The Kier molecular flexibility index (Phi) is 7.66. The number of likely N-dealkylation sites (N-methyl/N-ethyl adjacent to an activating group) is 1. The van der Waals surface area contributed by atoms with Crippen molar-refractivity contribution in [2.45, 2.75) is 26.2 Å². The Bertz CT molecular complexity index is 825. The van der Waals surface area contributed by atoms with Crippen molar-refractivity contribution in [1.82, 2.24) is 14.1 Å². The molecule has 0 bridgehead atoms. The second kappa shape index (κ2) is 9.85. The van der Waals surface area contributed by atoms with Gasteiger partial charge in [-0.1, -0.05) is 11.6 Å². The summed E-state index contributed by atoms with van der Waals surface area (Å²) >= 11 is 5.96. The van der Waals surface area contributed by atoms with Crippen LogP contribution in [0.3, 0.4) is 0 Å². The third kappa shape index (κ3) is 5.87. The first-order valence-electron chi connectivity index (χ1n) is 10.6. The average molecular weight is 458 g/mol. The monoisotopic (exact) mass is 457 g/mol. The van der Waals surface area contributed by atoms with E-state index in [9.17, 15) is 13.2 Å². The molecule has 1 aromatic rings. The lowest BCUT2D eigenvalue weighted by molar-refractivity contribution is -0.136. The normalized spacial score (nSPS) is 24.0. The maximum atomic E-state index is 13.1. The fraction of sp³-hybridized carbons (Fsp3) is 0.667. The Morgan fingerprint density at radius 3 is 2.43 bits per heavy atom. The van der Waals surface area contributed by atoms with Crippen LogP contribution < -0.4 is 4.74 Å². The predicted octanol–water partition coefficient (Wildman–Crippen LogP) is 2.31. The molecule has 1 atom stereocenters. The van der Waals surface area contributed by atoms with Crippen molar-refractivity contribution in [3.63, 3.8) is 0 Å². The smallest absolute Gasteiger partial charge is 0.223 e. The molecule has 2 fully saturated rings. The molecule has 1 aromatic carbocycles. The molecule has 9 heteroatoms. The number of benzene rings is 1. The molecule has 2 aliphatic heterocycles. The molecule has 7 nitrogen and oxygen atoms in total. The Hall–Kier alpha value is -1.35. The Balaban J connectivity index is 1.76. The third-order valence-corrected chi connectivity index (χ3v) is 8.21. The van der Waals surface area contributed by atoms with Gasteiger partial charge in [0.15, 0.2) is 0 Å².